The van der Waals surface area contributed by atoms with Gasteiger partial charge in [0.15, 0.2) is 0 Å². The Kier molecular flexibility index (Phi) is 6.49. The second-order valence-electron chi connectivity index (χ2n) is 7.60. The second-order valence-corrected chi connectivity index (χ2v) is 8.93. The van der Waals surface area contributed by atoms with Crippen molar-refractivity contribution in [3.63, 3.8) is 0 Å². The van der Waals surface area contributed by atoms with Gasteiger partial charge in [-0.25, -0.2) is 0 Å². The molecule has 1 unspecified atom stereocenters. The first kappa shape index (κ1) is 23.7. The lowest BCUT2D eigenvalue weighted by Gasteiger charge is -2.30. The van der Waals surface area contributed by atoms with Gasteiger partial charge in [-0.3, -0.25) is 4.79 Å². The fourth-order valence-electron chi connectivity index (χ4n) is 3.68. The van der Waals surface area contributed by atoms with E-state index in [0.29, 0.717) is 34.7 Å². The third-order valence-electron chi connectivity index (χ3n) is 5.39. The first-order chi connectivity index (χ1) is 15.6. The summed E-state index contributed by atoms with van der Waals surface area (Å²) in [7, 11) is 0. The Morgan fingerprint density at radius 1 is 1.03 bits per heavy atom. The van der Waals surface area contributed by atoms with Crippen molar-refractivity contribution >= 4 is 46.4 Å². The van der Waals surface area contributed by atoms with Crippen molar-refractivity contribution in [3.8, 4) is 0 Å². The highest BCUT2D eigenvalue weighted by Gasteiger charge is 2.62. The summed E-state index contributed by atoms with van der Waals surface area (Å²) in [4.78, 5) is 17.6. The maximum atomic E-state index is 14.2. The number of amides is 1. The minimum atomic E-state index is -4.79. The lowest BCUT2D eigenvalue weighted by Crippen LogP contribution is -2.42. The lowest BCUT2D eigenvalue weighted by atomic mass is 9.85. The lowest BCUT2D eigenvalue weighted by molar-refractivity contribution is -0.275. The summed E-state index contributed by atoms with van der Waals surface area (Å²) in [6.07, 6.45) is -3.16. The number of alkyl halides is 3. The van der Waals surface area contributed by atoms with Gasteiger partial charge in [0, 0.05) is 32.6 Å². The van der Waals surface area contributed by atoms with E-state index in [0.717, 1.165) is 12.1 Å². The number of rotatable bonds is 4. The van der Waals surface area contributed by atoms with Crippen LogP contribution in [0.1, 0.15) is 35.2 Å². The minimum Gasteiger partial charge on any atom is -0.374 e. The highest BCUT2D eigenvalue weighted by atomic mass is 35.5. The number of halogens is 6. The van der Waals surface area contributed by atoms with Gasteiger partial charge in [-0.1, -0.05) is 58.2 Å². The van der Waals surface area contributed by atoms with Gasteiger partial charge >= 0.3 is 6.18 Å². The molecule has 33 heavy (non-hydrogen) atoms. The molecule has 1 N–H and O–H groups in total. The van der Waals surface area contributed by atoms with Gasteiger partial charge in [-0.05, 0) is 54.8 Å². The number of allylic oxidation sites excluding steroid dienone is 3. The molecule has 2 aliphatic rings. The first-order valence-corrected chi connectivity index (χ1v) is 11.0. The molecule has 1 heterocycles. The Bertz CT molecular complexity index is 1170. The summed E-state index contributed by atoms with van der Waals surface area (Å²) in [6.45, 7) is 0. The monoisotopic (exact) mass is 514 g/mol. The van der Waals surface area contributed by atoms with Gasteiger partial charge < -0.3 is 10.2 Å². The van der Waals surface area contributed by atoms with E-state index >= 15 is 0 Å². The van der Waals surface area contributed by atoms with Crippen molar-refractivity contribution < 1.29 is 22.8 Å². The largest absolute Gasteiger partial charge is 0.435 e. The predicted octanol–water partition coefficient (Wildman–Crippen LogP) is 7.13. The molecule has 1 aliphatic carbocycles. The van der Waals surface area contributed by atoms with Crippen LogP contribution < -0.4 is 5.32 Å². The number of nitrogens with zero attached hydrogens (tertiary/aromatic N) is 1. The Labute approximate surface area is 202 Å². The summed E-state index contributed by atoms with van der Waals surface area (Å²) in [6, 6.07) is 12.2. The van der Waals surface area contributed by atoms with Crippen LogP contribution in [0, 0.1) is 0 Å². The van der Waals surface area contributed by atoms with Gasteiger partial charge in [0.05, 0.1) is 11.4 Å². The number of carbonyl (C=O) groups excluding carboxylic acids is 1. The zero-order valence-corrected chi connectivity index (χ0v) is 19.1. The second kappa shape index (κ2) is 9.05. The molecule has 2 aromatic carbocycles. The van der Waals surface area contributed by atoms with Crippen molar-refractivity contribution in [1.82, 2.24) is 5.32 Å². The van der Waals surface area contributed by atoms with Crippen molar-refractivity contribution in [2.24, 2.45) is 5.16 Å². The Morgan fingerprint density at radius 2 is 1.70 bits per heavy atom. The van der Waals surface area contributed by atoms with E-state index in [9.17, 15) is 18.0 Å². The zero-order chi connectivity index (χ0) is 23.8. The maximum absolute atomic E-state index is 14.2. The average Bonchev–Trinajstić information content (AvgIpc) is 3.22. The van der Waals surface area contributed by atoms with Gasteiger partial charge in [-0.15, -0.1) is 0 Å². The number of hydrogen-bond acceptors (Lipinski definition) is 3. The van der Waals surface area contributed by atoms with E-state index in [1.165, 1.54) is 12.1 Å². The topological polar surface area (TPSA) is 50.7 Å². The summed E-state index contributed by atoms with van der Waals surface area (Å²) in [5.74, 6) is -0.385. The molecule has 0 saturated carbocycles. The Morgan fingerprint density at radius 3 is 2.33 bits per heavy atom. The molecular weight excluding hydrogens is 500 g/mol. The highest BCUT2D eigenvalue weighted by molar-refractivity contribution is 6.34. The number of benzene rings is 2. The molecule has 0 spiro atoms. The number of hydrogen-bond donors (Lipinski definition) is 1. The van der Waals surface area contributed by atoms with Crippen LogP contribution in [0.25, 0.3) is 0 Å². The Hall–Kier alpha value is -2.48. The third-order valence-corrected chi connectivity index (χ3v) is 6.22. The fraction of sp³-hybridized carbons (Fsp3) is 0.217. The van der Waals surface area contributed by atoms with Crippen molar-refractivity contribution in [2.45, 2.75) is 31.0 Å². The molecule has 1 atom stereocenters. The smallest absolute Gasteiger partial charge is 0.374 e. The molecule has 10 heteroatoms. The van der Waals surface area contributed by atoms with E-state index in [4.69, 9.17) is 39.6 Å². The van der Waals surface area contributed by atoms with E-state index in [2.05, 4.69) is 10.5 Å². The van der Waals surface area contributed by atoms with Crippen LogP contribution in [0.3, 0.4) is 0 Å². The number of carbonyl (C=O) groups is 1. The molecular formula is C23H16Cl3F3N2O2. The minimum absolute atomic E-state index is 0.0516. The van der Waals surface area contributed by atoms with Crippen LogP contribution in [0.5, 0.6) is 0 Å². The normalized spacial score (nSPS) is 20.8. The molecule has 0 bridgehead atoms. The first-order valence-electron chi connectivity index (χ1n) is 9.83. The molecule has 1 aliphatic heterocycles. The van der Waals surface area contributed by atoms with Crippen molar-refractivity contribution in [2.75, 3.05) is 0 Å². The van der Waals surface area contributed by atoms with E-state index in [-0.39, 0.29) is 27.2 Å². The molecule has 4 nitrogen and oxygen atoms in total. The van der Waals surface area contributed by atoms with Crippen LogP contribution in [0.15, 0.2) is 76.1 Å². The van der Waals surface area contributed by atoms with Crippen LogP contribution in [-0.4, -0.2) is 17.8 Å². The van der Waals surface area contributed by atoms with Crippen LogP contribution in [-0.2, 0) is 10.4 Å². The van der Waals surface area contributed by atoms with Crippen LogP contribution in [0.4, 0.5) is 13.2 Å². The molecule has 0 radical (unpaired) electrons. The summed E-state index contributed by atoms with van der Waals surface area (Å²) < 4.78 is 42.6. The van der Waals surface area contributed by atoms with E-state index < -0.39 is 18.2 Å². The number of oxime groups is 1. The molecule has 172 valence electrons. The molecule has 0 saturated heterocycles. The predicted molar refractivity (Wildman–Crippen MR) is 121 cm³/mol. The van der Waals surface area contributed by atoms with Gasteiger partial charge in [0.25, 0.3) is 11.5 Å². The van der Waals surface area contributed by atoms with Crippen molar-refractivity contribution in [3.05, 3.63) is 92.1 Å². The average molecular weight is 516 g/mol. The fourth-order valence-corrected chi connectivity index (χ4v) is 4.40. The Balaban J connectivity index is 1.62. The quantitative estimate of drug-likeness (QED) is 0.471. The molecule has 0 fully saturated rings. The van der Waals surface area contributed by atoms with Crippen molar-refractivity contribution in [1.29, 1.82) is 0 Å². The third kappa shape index (κ3) is 4.76. The van der Waals surface area contributed by atoms with Crippen LogP contribution >= 0.6 is 34.8 Å². The summed E-state index contributed by atoms with van der Waals surface area (Å²) >= 11 is 18.2. The zero-order valence-electron chi connectivity index (χ0n) is 16.8. The van der Waals surface area contributed by atoms with Gasteiger partial charge in [0.2, 0.25) is 0 Å². The van der Waals surface area contributed by atoms with Gasteiger partial charge in [-0.2, -0.15) is 13.2 Å². The summed E-state index contributed by atoms with van der Waals surface area (Å²) in [5.41, 5.74) is -1.64. The number of nitrogens with one attached hydrogen (secondary N) is 1. The molecule has 1 amide bonds. The SMILES string of the molecule is O=C(NC1=C(Cl)CCC(C2=NOC(c3cc(Cl)cc(Cl)c3)(C(F)(F)F)C2)=C1)c1ccccc1. The van der Waals surface area contributed by atoms with Gasteiger partial charge in [0.1, 0.15) is 0 Å². The van der Waals surface area contributed by atoms with E-state index in [1.54, 1.807) is 30.3 Å². The van der Waals surface area contributed by atoms with E-state index in [1.807, 2.05) is 0 Å². The highest BCUT2D eigenvalue weighted by Crippen LogP contribution is 2.50. The maximum Gasteiger partial charge on any atom is 0.435 e. The molecule has 2 aromatic rings. The molecule has 4 rings (SSSR count). The molecule has 0 aromatic heterocycles. The standard InChI is InChI=1S/C23H16Cl3F3N2O2/c24-16-9-15(10-17(25)11-16)22(23(27,28)29)12-20(31-33-22)14-6-7-18(26)19(8-14)30-21(32)13-4-2-1-3-5-13/h1-5,8-11H,6-7,12H2,(H,30,32). The van der Waals surface area contributed by atoms with Crippen LogP contribution in [0.2, 0.25) is 10.0 Å². The summed E-state index contributed by atoms with van der Waals surface area (Å²) in [5, 5.41) is 6.99.